The van der Waals surface area contributed by atoms with Gasteiger partial charge in [-0.15, -0.1) is 0 Å². The summed E-state index contributed by atoms with van der Waals surface area (Å²) in [5, 5.41) is 0. The van der Waals surface area contributed by atoms with Crippen molar-refractivity contribution in [1.29, 1.82) is 0 Å². The van der Waals surface area contributed by atoms with Gasteiger partial charge in [-0.3, -0.25) is 4.79 Å². The number of hydrogen-bond donors (Lipinski definition) is 0. The van der Waals surface area contributed by atoms with Crippen LogP contribution in [0.2, 0.25) is 0 Å². The number of benzene rings is 2. The third-order valence-corrected chi connectivity index (χ3v) is 11.6. The van der Waals surface area contributed by atoms with E-state index in [4.69, 9.17) is 28.4 Å². The first-order valence-electron chi connectivity index (χ1n) is 24.3. The van der Waals surface area contributed by atoms with Crippen LogP contribution in [-0.4, -0.2) is 75.7 Å². The number of carbonyl (C=O) groups is 1. The van der Waals surface area contributed by atoms with Crippen LogP contribution in [-0.2, 0) is 14.3 Å². The molecule has 1 heterocycles. The summed E-state index contributed by atoms with van der Waals surface area (Å²) in [5.74, 6) is 2.63. The minimum Gasteiger partial charge on any atom is -0.487 e. The van der Waals surface area contributed by atoms with Crippen LogP contribution in [0.4, 0.5) is 0 Å². The van der Waals surface area contributed by atoms with Gasteiger partial charge in [0.05, 0.1) is 13.2 Å². The Hall–Kier alpha value is -2.97. The van der Waals surface area contributed by atoms with Crippen molar-refractivity contribution in [3.63, 3.8) is 0 Å². The molecule has 0 fully saturated rings. The Labute approximate surface area is 360 Å². The maximum absolute atomic E-state index is 14.0. The third kappa shape index (κ3) is 23.0. The summed E-state index contributed by atoms with van der Waals surface area (Å²) in [7, 11) is 0. The smallest absolute Gasteiger partial charge is 0.248 e. The second-order valence-corrected chi connectivity index (χ2v) is 16.8. The lowest BCUT2D eigenvalue weighted by Crippen LogP contribution is -2.48. The highest BCUT2D eigenvalue weighted by Gasteiger charge is 2.35. The molecule has 0 N–H and O–H groups in total. The molecule has 336 valence electrons. The number of hydrogen-bond acceptors (Lipinski definition) is 7. The van der Waals surface area contributed by atoms with E-state index in [1.165, 1.54) is 103 Å². The molecule has 1 aliphatic heterocycles. The summed E-state index contributed by atoms with van der Waals surface area (Å²) >= 11 is 0. The van der Waals surface area contributed by atoms with Gasteiger partial charge in [-0.05, 0) is 43.5 Å². The van der Waals surface area contributed by atoms with Crippen molar-refractivity contribution in [3.8, 4) is 23.0 Å². The van der Waals surface area contributed by atoms with E-state index in [9.17, 15) is 4.79 Å². The number of fused-ring (bicyclic) bond motifs is 2. The highest BCUT2D eigenvalue weighted by Crippen LogP contribution is 2.33. The monoisotopic (exact) mass is 824 g/mol. The molecule has 59 heavy (non-hydrogen) atoms. The van der Waals surface area contributed by atoms with E-state index in [2.05, 4.69) is 20.8 Å². The zero-order chi connectivity index (χ0) is 41.9. The predicted octanol–water partition coefficient (Wildman–Crippen LogP) is 13.3. The molecule has 0 aliphatic carbocycles. The maximum Gasteiger partial charge on any atom is 0.248 e. The normalized spacial score (nSPS) is 14.6. The zero-order valence-electron chi connectivity index (χ0n) is 38.0. The van der Waals surface area contributed by atoms with E-state index in [1.54, 1.807) is 0 Å². The molecule has 0 spiro atoms. The van der Waals surface area contributed by atoms with Crippen molar-refractivity contribution in [2.75, 3.05) is 59.3 Å². The molecule has 0 bridgehead atoms. The van der Waals surface area contributed by atoms with Crippen LogP contribution in [0.25, 0.3) is 0 Å². The molecular formula is C51H85NO7. The molecule has 2 aromatic rings. The quantitative estimate of drug-likeness (QED) is 0.0726. The number of amides is 1. The average molecular weight is 824 g/mol. The standard InChI is InChI=1S/C51H85NO7/c1-4-7-10-11-12-13-14-15-16-17-18-19-20-21-22-23-24-29-36-51(59-43-50(53)52(37-30-8-5-2)38-31-9-6-3)44-57-48-34-27-25-32-46(48)55-41-39-54-40-42-56-47-33-26-28-35-49(47)58-45-51/h25-28,32-35H,4-24,29-31,36-45H2,1-3H3. The molecule has 8 heteroatoms. The van der Waals surface area contributed by atoms with Crippen LogP contribution >= 0.6 is 0 Å². The number of nitrogens with zero attached hydrogens (tertiary/aromatic N) is 1. The Morgan fingerprint density at radius 3 is 1.25 bits per heavy atom. The van der Waals surface area contributed by atoms with Gasteiger partial charge in [0, 0.05) is 13.1 Å². The summed E-state index contributed by atoms with van der Waals surface area (Å²) in [6, 6.07) is 15.5. The lowest BCUT2D eigenvalue weighted by Gasteiger charge is -2.35. The van der Waals surface area contributed by atoms with Crippen molar-refractivity contribution in [2.24, 2.45) is 0 Å². The average Bonchev–Trinajstić information content (AvgIpc) is 3.25. The summed E-state index contributed by atoms with van der Waals surface area (Å²) < 4.78 is 38.1. The first kappa shape index (κ1) is 50.4. The van der Waals surface area contributed by atoms with E-state index in [0.29, 0.717) is 55.8 Å². The molecule has 1 aliphatic rings. The van der Waals surface area contributed by atoms with E-state index < -0.39 is 5.60 Å². The van der Waals surface area contributed by atoms with Crippen molar-refractivity contribution >= 4 is 5.91 Å². The van der Waals surface area contributed by atoms with Crippen molar-refractivity contribution in [3.05, 3.63) is 48.5 Å². The number of unbranched alkanes of at least 4 members (excludes halogenated alkanes) is 21. The number of carbonyl (C=O) groups excluding carboxylic acids is 1. The van der Waals surface area contributed by atoms with Gasteiger partial charge in [0.1, 0.15) is 38.6 Å². The fourth-order valence-corrected chi connectivity index (χ4v) is 7.78. The minimum absolute atomic E-state index is 0.0162. The fraction of sp³-hybridized carbons (Fsp3) is 0.745. The van der Waals surface area contributed by atoms with Crippen LogP contribution in [0.15, 0.2) is 48.5 Å². The zero-order valence-corrected chi connectivity index (χ0v) is 38.0. The first-order chi connectivity index (χ1) is 29.1. The molecule has 3 rings (SSSR count). The fourth-order valence-electron chi connectivity index (χ4n) is 7.78. The second-order valence-electron chi connectivity index (χ2n) is 16.8. The van der Waals surface area contributed by atoms with Gasteiger partial charge < -0.3 is 33.3 Å². The van der Waals surface area contributed by atoms with Gasteiger partial charge in [-0.2, -0.15) is 0 Å². The molecule has 0 saturated heterocycles. The van der Waals surface area contributed by atoms with E-state index in [-0.39, 0.29) is 25.7 Å². The van der Waals surface area contributed by atoms with Crippen LogP contribution in [0, 0.1) is 0 Å². The molecule has 0 radical (unpaired) electrons. The van der Waals surface area contributed by atoms with Crippen molar-refractivity contribution in [1.82, 2.24) is 4.90 Å². The van der Waals surface area contributed by atoms with E-state index in [1.807, 2.05) is 53.4 Å². The van der Waals surface area contributed by atoms with Crippen LogP contribution < -0.4 is 18.9 Å². The van der Waals surface area contributed by atoms with Gasteiger partial charge in [0.2, 0.25) is 5.91 Å². The molecule has 0 unspecified atom stereocenters. The maximum atomic E-state index is 14.0. The minimum atomic E-state index is -0.885. The van der Waals surface area contributed by atoms with Gasteiger partial charge in [-0.25, -0.2) is 0 Å². The van der Waals surface area contributed by atoms with Crippen molar-refractivity contribution in [2.45, 2.75) is 187 Å². The molecule has 1 amide bonds. The summed E-state index contributed by atoms with van der Waals surface area (Å²) in [6.07, 6.45) is 31.1. The molecule has 2 aromatic carbocycles. The van der Waals surface area contributed by atoms with Crippen molar-refractivity contribution < 1.29 is 33.2 Å². The lowest BCUT2D eigenvalue weighted by atomic mass is 9.96. The Morgan fingerprint density at radius 1 is 0.492 bits per heavy atom. The Kier molecular flexibility index (Phi) is 28.8. The largest absolute Gasteiger partial charge is 0.487 e. The van der Waals surface area contributed by atoms with Crippen LogP contribution in [0.1, 0.15) is 181 Å². The predicted molar refractivity (Wildman–Crippen MR) is 243 cm³/mol. The van der Waals surface area contributed by atoms with Gasteiger partial charge in [0.25, 0.3) is 0 Å². The Morgan fingerprint density at radius 2 is 0.847 bits per heavy atom. The Bertz CT molecular complexity index is 1240. The summed E-state index contributed by atoms with van der Waals surface area (Å²) in [4.78, 5) is 16.0. The lowest BCUT2D eigenvalue weighted by molar-refractivity contribution is -0.151. The Balaban J connectivity index is 1.64. The van der Waals surface area contributed by atoms with Gasteiger partial charge in [0.15, 0.2) is 23.0 Å². The summed E-state index contributed by atoms with van der Waals surface area (Å²) in [5.41, 5.74) is -0.885. The van der Waals surface area contributed by atoms with E-state index >= 15 is 0 Å². The second kappa shape index (κ2) is 33.7. The number of rotatable bonds is 30. The highest BCUT2D eigenvalue weighted by atomic mass is 16.6. The number of para-hydroxylation sites is 4. The topological polar surface area (TPSA) is 75.7 Å². The van der Waals surface area contributed by atoms with Gasteiger partial charge >= 0.3 is 0 Å². The first-order valence-corrected chi connectivity index (χ1v) is 24.3. The summed E-state index contributed by atoms with van der Waals surface area (Å²) in [6.45, 7) is 10.3. The molecule has 8 nitrogen and oxygen atoms in total. The molecular weight excluding hydrogens is 739 g/mol. The van der Waals surface area contributed by atoms with E-state index in [0.717, 1.165) is 64.5 Å². The molecule has 0 atom stereocenters. The van der Waals surface area contributed by atoms with Crippen LogP contribution in [0.3, 0.4) is 0 Å². The SMILES string of the molecule is CCCCCCCCCCCCCCCCCCCCC1(OCC(=O)N(CCCCC)CCCCC)COc2ccccc2OCCOCCOc2ccccc2OC1. The molecule has 0 saturated carbocycles. The van der Waals surface area contributed by atoms with Gasteiger partial charge in [-0.1, -0.05) is 186 Å². The third-order valence-electron chi connectivity index (χ3n) is 11.6. The highest BCUT2D eigenvalue weighted by molar-refractivity contribution is 5.77. The molecule has 0 aromatic heterocycles. The number of ether oxygens (including phenoxy) is 6. The van der Waals surface area contributed by atoms with Crippen LogP contribution in [0.5, 0.6) is 23.0 Å².